The van der Waals surface area contributed by atoms with Crippen molar-refractivity contribution in [2.75, 3.05) is 0 Å². The molecule has 2 rings (SSSR count). The van der Waals surface area contributed by atoms with E-state index in [0.717, 1.165) is 0 Å². The van der Waals surface area contributed by atoms with Gasteiger partial charge in [-0.1, -0.05) is 24.3 Å². The molecule has 1 saturated heterocycles. The number of hydrogen-bond donors (Lipinski definition) is 1. The molecule has 1 heterocycles. The summed E-state index contributed by atoms with van der Waals surface area (Å²) >= 11 is 0. The van der Waals surface area contributed by atoms with Crippen LogP contribution in [-0.4, -0.2) is 11.6 Å². The van der Waals surface area contributed by atoms with E-state index in [1.54, 1.807) is 0 Å². The first kappa shape index (κ1) is 7.11. The Balaban J connectivity index is 2.12. The molecule has 0 aromatic carbocycles. The van der Waals surface area contributed by atoms with Crippen LogP contribution < -0.4 is 5.32 Å². The van der Waals surface area contributed by atoms with E-state index in [1.165, 1.54) is 19.3 Å². The average molecular weight is 149 g/mol. The van der Waals surface area contributed by atoms with Crippen molar-refractivity contribution < 1.29 is 0 Å². The highest BCUT2D eigenvalue weighted by Gasteiger charge is 2.33. The van der Waals surface area contributed by atoms with Crippen LogP contribution in [-0.2, 0) is 0 Å². The van der Waals surface area contributed by atoms with Crippen molar-refractivity contribution in [2.45, 2.75) is 37.8 Å². The molecule has 0 aromatic rings. The molecule has 0 aromatic heterocycles. The van der Waals surface area contributed by atoms with Crippen LogP contribution >= 0.6 is 0 Å². The van der Waals surface area contributed by atoms with Crippen molar-refractivity contribution in [1.82, 2.24) is 5.32 Å². The van der Waals surface area contributed by atoms with Crippen LogP contribution in [0.5, 0.6) is 0 Å². The lowest BCUT2D eigenvalue weighted by Crippen LogP contribution is -2.40. The molecule has 1 spiro atoms. The van der Waals surface area contributed by atoms with Gasteiger partial charge in [0, 0.05) is 11.6 Å². The van der Waals surface area contributed by atoms with Crippen LogP contribution in [0.25, 0.3) is 0 Å². The maximum Gasteiger partial charge on any atom is 0.0404 e. The van der Waals surface area contributed by atoms with Gasteiger partial charge in [0.1, 0.15) is 0 Å². The molecule has 2 atom stereocenters. The van der Waals surface area contributed by atoms with Crippen molar-refractivity contribution >= 4 is 0 Å². The van der Waals surface area contributed by atoms with Gasteiger partial charge in [-0.3, -0.25) is 0 Å². The molecule has 1 fully saturated rings. The highest BCUT2D eigenvalue weighted by Crippen LogP contribution is 2.30. The van der Waals surface area contributed by atoms with Gasteiger partial charge < -0.3 is 5.32 Å². The lowest BCUT2D eigenvalue weighted by Gasteiger charge is -2.26. The van der Waals surface area contributed by atoms with Crippen molar-refractivity contribution in [3.63, 3.8) is 0 Å². The minimum absolute atomic E-state index is 0.328. The minimum Gasteiger partial charge on any atom is -0.305 e. The molecule has 0 amide bonds. The van der Waals surface area contributed by atoms with E-state index in [2.05, 4.69) is 36.5 Å². The van der Waals surface area contributed by atoms with Gasteiger partial charge in [0.25, 0.3) is 0 Å². The van der Waals surface area contributed by atoms with Crippen LogP contribution in [0.2, 0.25) is 0 Å². The van der Waals surface area contributed by atoms with Gasteiger partial charge >= 0.3 is 0 Å². The largest absolute Gasteiger partial charge is 0.305 e. The molecule has 1 heteroatoms. The molecule has 11 heavy (non-hydrogen) atoms. The van der Waals surface area contributed by atoms with E-state index in [4.69, 9.17) is 0 Å². The number of hydrogen-bond acceptors (Lipinski definition) is 1. The standard InChI is InChI=1S/C10H15N/c1-9-5-8-10(11-9)6-3-2-4-7-10/h2-4,6,9,11H,5,7-8H2,1H3. The number of rotatable bonds is 0. The molecule has 60 valence electrons. The van der Waals surface area contributed by atoms with Gasteiger partial charge in [-0.15, -0.1) is 0 Å². The van der Waals surface area contributed by atoms with E-state index >= 15 is 0 Å². The van der Waals surface area contributed by atoms with E-state index in [1.807, 2.05) is 0 Å². The molecule has 2 aliphatic rings. The average Bonchev–Trinajstić information content (AvgIpc) is 2.34. The van der Waals surface area contributed by atoms with Crippen LogP contribution in [0.3, 0.4) is 0 Å². The fourth-order valence-corrected chi connectivity index (χ4v) is 2.07. The van der Waals surface area contributed by atoms with Crippen LogP contribution in [0.15, 0.2) is 24.3 Å². The summed E-state index contributed by atoms with van der Waals surface area (Å²) in [6.07, 6.45) is 12.7. The molecule has 1 aliphatic heterocycles. The summed E-state index contributed by atoms with van der Waals surface area (Å²) in [6.45, 7) is 2.26. The van der Waals surface area contributed by atoms with Crippen molar-refractivity contribution in [2.24, 2.45) is 0 Å². The SMILES string of the molecule is CC1CCC2(C=CC=CC2)N1. The van der Waals surface area contributed by atoms with Crippen molar-refractivity contribution in [1.29, 1.82) is 0 Å². The molecular weight excluding hydrogens is 134 g/mol. The van der Waals surface area contributed by atoms with Crippen LogP contribution in [0.4, 0.5) is 0 Å². The summed E-state index contributed by atoms with van der Waals surface area (Å²) in [5.41, 5.74) is 0.328. The fraction of sp³-hybridized carbons (Fsp3) is 0.600. The maximum absolute atomic E-state index is 3.63. The normalized spacial score (nSPS) is 42.1. The second kappa shape index (κ2) is 2.49. The molecule has 0 bridgehead atoms. The topological polar surface area (TPSA) is 12.0 Å². The zero-order valence-corrected chi connectivity index (χ0v) is 7.01. The first-order valence-corrected chi connectivity index (χ1v) is 4.43. The Hall–Kier alpha value is -0.560. The van der Waals surface area contributed by atoms with Gasteiger partial charge in [-0.2, -0.15) is 0 Å². The van der Waals surface area contributed by atoms with Crippen molar-refractivity contribution in [3.05, 3.63) is 24.3 Å². The summed E-state index contributed by atoms with van der Waals surface area (Å²) in [7, 11) is 0. The highest BCUT2D eigenvalue weighted by atomic mass is 15.0. The lowest BCUT2D eigenvalue weighted by molar-refractivity contribution is 0.449. The third-order valence-corrected chi connectivity index (χ3v) is 2.70. The molecule has 1 nitrogen and oxygen atoms in total. The molecule has 0 radical (unpaired) electrons. The smallest absolute Gasteiger partial charge is 0.0404 e. The van der Waals surface area contributed by atoms with E-state index in [9.17, 15) is 0 Å². The maximum atomic E-state index is 3.63. The van der Waals surface area contributed by atoms with Gasteiger partial charge in [-0.25, -0.2) is 0 Å². The van der Waals surface area contributed by atoms with Gasteiger partial charge in [-0.05, 0) is 26.2 Å². The highest BCUT2D eigenvalue weighted by molar-refractivity contribution is 5.22. The molecule has 1 N–H and O–H groups in total. The zero-order chi connectivity index (χ0) is 7.73. The molecule has 1 aliphatic carbocycles. The third kappa shape index (κ3) is 1.25. The molecule has 2 unspecified atom stereocenters. The monoisotopic (exact) mass is 149 g/mol. The zero-order valence-electron chi connectivity index (χ0n) is 7.01. The quantitative estimate of drug-likeness (QED) is 0.555. The predicted molar refractivity (Wildman–Crippen MR) is 47.5 cm³/mol. The Labute approximate surface area is 68.2 Å². The second-order valence-electron chi connectivity index (χ2n) is 3.73. The summed E-state index contributed by atoms with van der Waals surface area (Å²) in [5, 5.41) is 3.63. The molecule has 0 saturated carbocycles. The Morgan fingerprint density at radius 3 is 2.91 bits per heavy atom. The van der Waals surface area contributed by atoms with E-state index in [0.29, 0.717) is 11.6 Å². The second-order valence-corrected chi connectivity index (χ2v) is 3.73. The van der Waals surface area contributed by atoms with Gasteiger partial charge in [0.2, 0.25) is 0 Å². The fourth-order valence-electron chi connectivity index (χ4n) is 2.07. The summed E-state index contributed by atoms with van der Waals surface area (Å²) in [4.78, 5) is 0. The first-order chi connectivity index (χ1) is 5.31. The Morgan fingerprint density at radius 2 is 2.36 bits per heavy atom. The Kier molecular flexibility index (Phi) is 1.61. The Morgan fingerprint density at radius 1 is 1.45 bits per heavy atom. The van der Waals surface area contributed by atoms with Gasteiger partial charge in [0.15, 0.2) is 0 Å². The number of allylic oxidation sites excluding steroid dienone is 2. The summed E-state index contributed by atoms with van der Waals surface area (Å²) in [6, 6.07) is 0.700. The predicted octanol–water partition coefficient (Wildman–Crippen LogP) is 2.01. The first-order valence-electron chi connectivity index (χ1n) is 4.43. The third-order valence-electron chi connectivity index (χ3n) is 2.70. The van der Waals surface area contributed by atoms with Gasteiger partial charge in [0.05, 0.1) is 0 Å². The van der Waals surface area contributed by atoms with E-state index in [-0.39, 0.29) is 0 Å². The van der Waals surface area contributed by atoms with E-state index < -0.39 is 0 Å². The Bertz CT molecular complexity index is 205. The number of nitrogens with one attached hydrogen (secondary N) is 1. The van der Waals surface area contributed by atoms with Crippen LogP contribution in [0.1, 0.15) is 26.2 Å². The lowest BCUT2D eigenvalue weighted by atomic mass is 9.90. The van der Waals surface area contributed by atoms with Crippen molar-refractivity contribution in [3.8, 4) is 0 Å². The summed E-state index contributed by atoms with van der Waals surface area (Å²) < 4.78 is 0. The summed E-state index contributed by atoms with van der Waals surface area (Å²) in [5.74, 6) is 0. The minimum atomic E-state index is 0.328. The van der Waals surface area contributed by atoms with Crippen LogP contribution in [0, 0.1) is 0 Å². The molecular formula is C10H15N.